The van der Waals surface area contributed by atoms with Crippen molar-refractivity contribution in [2.75, 3.05) is 4.72 Å². The molecule has 0 atom stereocenters. The third-order valence-electron chi connectivity index (χ3n) is 2.41. The number of benzene rings is 1. The quantitative estimate of drug-likeness (QED) is 0.489. The van der Waals surface area contributed by atoms with E-state index in [-0.39, 0.29) is 15.3 Å². The molecule has 110 valence electrons. The molecule has 0 fully saturated rings. The monoisotopic (exact) mass is 391 g/mol. The van der Waals surface area contributed by atoms with Crippen molar-refractivity contribution in [3.8, 4) is 0 Å². The molecule has 0 bridgehead atoms. The van der Waals surface area contributed by atoms with Crippen LogP contribution in [0.3, 0.4) is 0 Å². The summed E-state index contributed by atoms with van der Waals surface area (Å²) in [5.41, 5.74) is -0.434. The predicted octanol–water partition coefficient (Wildman–Crippen LogP) is 3.21. The summed E-state index contributed by atoms with van der Waals surface area (Å²) >= 11 is 8.75. The van der Waals surface area contributed by atoms with E-state index in [1.165, 1.54) is 24.4 Å². The molecule has 0 amide bonds. The fourth-order valence-corrected chi connectivity index (χ4v) is 3.39. The number of halogens is 2. The van der Waals surface area contributed by atoms with Crippen LogP contribution in [0.25, 0.3) is 0 Å². The van der Waals surface area contributed by atoms with Crippen molar-refractivity contribution < 1.29 is 13.3 Å². The topological polar surface area (TPSA) is 102 Å². The van der Waals surface area contributed by atoms with E-state index >= 15 is 0 Å². The molecule has 1 N–H and O–H groups in total. The number of hydrogen-bond acceptors (Lipinski definition) is 5. The molecule has 0 saturated carbocycles. The first-order valence-corrected chi connectivity index (χ1v) is 8.04. The SMILES string of the molecule is O=[N+]([O-])c1cc(Cl)ccc1S(=O)(=O)Nc1cccnc1Br. The molecule has 10 heteroatoms. The van der Waals surface area contributed by atoms with Crippen LogP contribution in [0.2, 0.25) is 5.02 Å². The van der Waals surface area contributed by atoms with Gasteiger partial charge in [0.2, 0.25) is 0 Å². The van der Waals surface area contributed by atoms with Gasteiger partial charge in [-0.15, -0.1) is 0 Å². The zero-order valence-corrected chi connectivity index (χ0v) is 13.3. The standard InChI is InChI=1S/C11H7BrClN3O4S/c12-11-8(2-1-5-14-11)15-21(19,20)10-4-3-7(13)6-9(10)16(17)18/h1-6,15H. The van der Waals surface area contributed by atoms with Crippen LogP contribution in [0, 0.1) is 10.1 Å². The van der Waals surface area contributed by atoms with Gasteiger partial charge in [-0.3, -0.25) is 14.8 Å². The van der Waals surface area contributed by atoms with Gasteiger partial charge in [0, 0.05) is 17.3 Å². The number of nitrogens with one attached hydrogen (secondary N) is 1. The fraction of sp³-hybridized carbons (Fsp3) is 0. The van der Waals surface area contributed by atoms with Crippen LogP contribution in [0.15, 0.2) is 46.0 Å². The number of nitrogens with zero attached hydrogens (tertiary/aromatic N) is 2. The summed E-state index contributed by atoms with van der Waals surface area (Å²) in [6, 6.07) is 6.32. The molecule has 2 rings (SSSR count). The predicted molar refractivity (Wildman–Crippen MR) is 80.9 cm³/mol. The first kappa shape index (κ1) is 15.7. The summed E-state index contributed by atoms with van der Waals surface area (Å²) < 4.78 is 27.1. The van der Waals surface area contributed by atoms with Crippen molar-refractivity contribution in [2.24, 2.45) is 0 Å². The lowest BCUT2D eigenvalue weighted by Gasteiger charge is -2.09. The maximum absolute atomic E-state index is 12.3. The van der Waals surface area contributed by atoms with Gasteiger partial charge >= 0.3 is 0 Å². The summed E-state index contributed by atoms with van der Waals surface area (Å²) in [5, 5.41) is 11.0. The first-order chi connectivity index (χ1) is 9.81. The Labute approximate surface area is 133 Å². The highest BCUT2D eigenvalue weighted by atomic mass is 79.9. The fourth-order valence-electron chi connectivity index (χ4n) is 1.52. The van der Waals surface area contributed by atoms with E-state index in [0.29, 0.717) is 0 Å². The van der Waals surface area contributed by atoms with E-state index in [2.05, 4.69) is 25.6 Å². The Balaban J connectivity index is 2.50. The van der Waals surface area contributed by atoms with Gasteiger partial charge in [-0.05, 0) is 40.2 Å². The van der Waals surface area contributed by atoms with Crippen molar-refractivity contribution in [1.29, 1.82) is 0 Å². The Hall–Kier alpha value is -1.71. The van der Waals surface area contributed by atoms with E-state index in [4.69, 9.17) is 11.6 Å². The molecule has 0 aliphatic heterocycles. The van der Waals surface area contributed by atoms with Crippen LogP contribution in [0.1, 0.15) is 0 Å². The van der Waals surface area contributed by atoms with Gasteiger partial charge in [-0.2, -0.15) is 0 Å². The van der Waals surface area contributed by atoms with Crippen LogP contribution in [-0.2, 0) is 10.0 Å². The third kappa shape index (κ3) is 3.49. The molecular weight excluding hydrogens is 386 g/mol. The minimum absolute atomic E-state index is 0.0724. The second kappa shape index (κ2) is 5.96. The highest BCUT2D eigenvalue weighted by Gasteiger charge is 2.26. The smallest absolute Gasteiger partial charge is 0.277 e. The Bertz CT molecular complexity index is 813. The number of pyridine rings is 1. The summed E-state index contributed by atoms with van der Waals surface area (Å²) in [7, 11) is -4.15. The summed E-state index contributed by atoms with van der Waals surface area (Å²) in [6.07, 6.45) is 1.46. The van der Waals surface area contributed by atoms with E-state index in [1.54, 1.807) is 0 Å². The summed E-state index contributed by atoms with van der Waals surface area (Å²) in [4.78, 5) is 13.6. The molecule has 0 aliphatic carbocycles. The molecule has 7 nitrogen and oxygen atoms in total. The highest BCUT2D eigenvalue weighted by molar-refractivity contribution is 9.10. The largest absolute Gasteiger partial charge is 0.291 e. The van der Waals surface area contributed by atoms with Crippen molar-refractivity contribution in [2.45, 2.75) is 4.90 Å². The number of sulfonamides is 1. The Morgan fingerprint density at radius 2 is 2.05 bits per heavy atom. The number of hydrogen-bond donors (Lipinski definition) is 1. The first-order valence-electron chi connectivity index (χ1n) is 5.38. The molecule has 0 aliphatic rings. The zero-order valence-electron chi connectivity index (χ0n) is 10.2. The molecule has 0 spiro atoms. The third-order valence-corrected chi connectivity index (χ3v) is 4.69. The Morgan fingerprint density at radius 1 is 1.33 bits per heavy atom. The number of anilines is 1. The van der Waals surface area contributed by atoms with E-state index in [1.807, 2.05) is 0 Å². The van der Waals surface area contributed by atoms with Gasteiger partial charge in [0.05, 0.1) is 10.6 Å². The molecule has 0 radical (unpaired) electrons. The molecule has 1 heterocycles. The average molecular weight is 393 g/mol. The number of nitro benzene ring substituents is 1. The van der Waals surface area contributed by atoms with Gasteiger partial charge < -0.3 is 0 Å². The lowest BCUT2D eigenvalue weighted by atomic mass is 10.3. The van der Waals surface area contributed by atoms with Crippen LogP contribution < -0.4 is 4.72 Å². The van der Waals surface area contributed by atoms with Gasteiger partial charge in [0.1, 0.15) is 4.60 Å². The zero-order chi connectivity index (χ0) is 15.6. The Kier molecular flexibility index (Phi) is 4.45. The second-order valence-corrected chi connectivity index (χ2v) is 6.65. The molecule has 1 aromatic heterocycles. The van der Waals surface area contributed by atoms with Crippen molar-refractivity contribution >= 4 is 48.9 Å². The maximum Gasteiger partial charge on any atom is 0.291 e. The van der Waals surface area contributed by atoms with Crippen LogP contribution >= 0.6 is 27.5 Å². The van der Waals surface area contributed by atoms with E-state index < -0.39 is 25.5 Å². The summed E-state index contributed by atoms with van der Waals surface area (Å²) in [6.45, 7) is 0. The lowest BCUT2D eigenvalue weighted by molar-refractivity contribution is -0.387. The Morgan fingerprint density at radius 3 is 2.67 bits per heavy atom. The van der Waals surface area contributed by atoms with Crippen LogP contribution in [-0.4, -0.2) is 18.3 Å². The molecule has 2 aromatic rings. The molecule has 1 aromatic carbocycles. The molecule has 0 unspecified atom stereocenters. The van der Waals surface area contributed by atoms with Gasteiger partial charge in [-0.25, -0.2) is 13.4 Å². The van der Waals surface area contributed by atoms with Crippen LogP contribution in [0.5, 0.6) is 0 Å². The van der Waals surface area contributed by atoms with E-state index in [9.17, 15) is 18.5 Å². The average Bonchev–Trinajstić information content (AvgIpc) is 2.40. The molecular formula is C11H7BrClN3O4S. The minimum Gasteiger partial charge on any atom is -0.277 e. The minimum atomic E-state index is -4.15. The summed E-state index contributed by atoms with van der Waals surface area (Å²) in [5.74, 6) is 0. The highest BCUT2D eigenvalue weighted by Crippen LogP contribution is 2.29. The molecule has 0 saturated heterocycles. The lowest BCUT2D eigenvalue weighted by Crippen LogP contribution is -2.15. The van der Waals surface area contributed by atoms with Crippen molar-refractivity contribution in [1.82, 2.24) is 4.98 Å². The maximum atomic E-state index is 12.3. The van der Waals surface area contributed by atoms with Gasteiger partial charge in [-0.1, -0.05) is 11.6 Å². The van der Waals surface area contributed by atoms with Gasteiger partial charge in [0.25, 0.3) is 15.7 Å². The van der Waals surface area contributed by atoms with Crippen molar-refractivity contribution in [3.63, 3.8) is 0 Å². The normalized spacial score (nSPS) is 11.1. The van der Waals surface area contributed by atoms with E-state index in [0.717, 1.165) is 12.1 Å². The molecule has 21 heavy (non-hydrogen) atoms. The number of rotatable bonds is 4. The number of nitro groups is 1. The van der Waals surface area contributed by atoms with Crippen LogP contribution in [0.4, 0.5) is 11.4 Å². The number of aromatic nitrogens is 1. The van der Waals surface area contributed by atoms with Crippen molar-refractivity contribution in [3.05, 3.63) is 56.3 Å². The second-order valence-electron chi connectivity index (χ2n) is 3.82. The van der Waals surface area contributed by atoms with Gasteiger partial charge in [0.15, 0.2) is 4.90 Å².